The minimum absolute atomic E-state index is 0.0643. The van der Waals surface area contributed by atoms with E-state index < -0.39 is 11.7 Å². The van der Waals surface area contributed by atoms with Crippen LogP contribution in [0.5, 0.6) is 5.88 Å². The largest absolute Gasteiger partial charge is 0.475 e. The average Bonchev–Trinajstić information content (AvgIpc) is 3.04. The SMILES string of the molecule is CNC(=O)c1nccc2nn(CCOc3ncc(C(F)(F)F)cc3Cl)cc12. The molecule has 1 N–H and O–H groups in total. The van der Waals surface area contributed by atoms with Gasteiger partial charge in [0.15, 0.2) is 0 Å². The van der Waals surface area contributed by atoms with Crippen LogP contribution in [0.2, 0.25) is 5.02 Å². The second-order valence-electron chi connectivity index (χ2n) is 5.42. The Morgan fingerprint density at radius 2 is 2.15 bits per heavy atom. The fourth-order valence-corrected chi connectivity index (χ4v) is 2.55. The monoisotopic (exact) mass is 399 g/mol. The van der Waals surface area contributed by atoms with E-state index in [1.165, 1.54) is 17.9 Å². The van der Waals surface area contributed by atoms with Crippen LogP contribution in [0.1, 0.15) is 16.1 Å². The van der Waals surface area contributed by atoms with E-state index in [1.807, 2.05) is 0 Å². The van der Waals surface area contributed by atoms with Crippen LogP contribution in [0, 0.1) is 0 Å². The number of alkyl halides is 3. The molecule has 3 aromatic heterocycles. The van der Waals surface area contributed by atoms with Crippen molar-refractivity contribution >= 4 is 28.4 Å². The molecule has 0 unspecified atom stereocenters. The summed E-state index contributed by atoms with van der Waals surface area (Å²) in [5, 5.41) is 7.14. The molecule has 0 aliphatic carbocycles. The second-order valence-corrected chi connectivity index (χ2v) is 5.83. The van der Waals surface area contributed by atoms with E-state index in [0.29, 0.717) is 17.1 Å². The van der Waals surface area contributed by atoms with Crippen molar-refractivity contribution in [3.8, 4) is 5.88 Å². The molecule has 142 valence electrons. The van der Waals surface area contributed by atoms with Gasteiger partial charge in [-0.15, -0.1) is 0 Å². The molecule has 0 radical (unpaired) electrons. The van der Waals surface area contributed by atoms with Crippen molar-refractivity contribution in [2.24, 2.45) is 0 Å². The third-order valence-electron chi connectivity index (χ3n) is 3.62. The molecule has 3 heterocycles. The molecule has 0 fully saturated rings. The zero-order chi connectivity index (χ0) is 19.6. The highest BCUT2D eigenvalue weighted by atomic mass is 35.5. The molecule has 1 amide bonds. The van der Waals surface area contributed by atoms with Crippen LogP contribution in [0.4, 0.5) is 13.2 Å². The number of carbonyl (C=O) groups is 1. The highest BCUT2D eigenvalue weighted by Gasteiger charge is 2.31. The van der Waals surface area contributed by atoms with Gasteiger partial charge in [-0.05, 0) is 12.1 Å². The molecule has 11 heteroatoms. The van der Waals surface area contributed by atoms with E-state index in [9.17, 15) is 18.0 Å². The summed E-state index contributed by atoms with van der Waals surface area (Å²) in [4.78, 5) is 19.5. The lowest BCUT2D eigenvalue weighted by Gasteiger charge is -2.10. The summed E-state index contributed by atoms with van der Waals surface area (Å²) >= 11 is 5.79. The molecule has 27 heavy (non-hydrogen) atoms. The van der Waals surface area contributed by atoms with E-state index >= 15 is 0 Å². The average molecular weight is 400 g/mol. The molecule has 0 atom stereocenters. The Bertz CT molecular complexity index is 990. The predicted molar refractivity (Wildman–Crippen MR) is 90.7 cm³/mol. The van der Waals surface area contributed by atoms with E-state index in [2.05, 4.69) is 20.4 Å². The van der Waals surface area contributed by atoms with E-state index in [1.54, 1.807) is 12.3 Å². The number of rotatable bonds is 5. The molecule has 3 aromatic rings. The highest BCUT2D eigenvalue weighted by Crippen LogP contribution is 2.33. The first kappa shape index (κ1) is 18.9. The normalized spacial score (nSPS) is 11.6. The molecule has 0 saturated carbocycles. The number of amides is 1. The lowest BCUT2D eigenvalue weighted by atomic mass is 10.2. The molecular formula is C16H13ClF3N5O2. The third kappa shape index (κ3) is 4.11. The number of aromatic nitrogens is 4. The fraction of sp³-hybridized carbons (Fsp3) is 0.250. The zero-order valence-corrected chi connectivity index (χ0v) is 14.7. The lowest BCUT2D eigenvalue weighted by Crippen LogP contribution is -2.19. The molecule has 0 saturated heterocycles. The third-order valence-corrected chi connectivity index (χ3v) is 3.89. The maximum Gasteiger partial charge on any atom is 0.417 e. The Morgan fingerprint density at radius 3 is 2.81 bits per heavy atom. The molecule has 0 aliphatic rings. The van der Waals surface area contributed by atoms with Gasteiger partial charge in [-0.1, -0.05) is 11.6 Å². The minimum atomic E-state index is -4.53. The number of nitrogens with zero attached hydrogens (tertiary/aromatic N) is 4. The van der Waals surface area contributed by atoms with Crippen LogP contribution < -0.4 is 10.1 Å². The maximum atomic E-state index is 12.6. The summed E-state index contributed by atoms with van der Waals surface area (Å²) in [6.45, 7) is 0.329. The Kier molecular flexibility index (Phi) is 5.17. The van der Waals surface area contributed by atoms with Gasteiger partial charge >= 0.3 is 6.18 Å². The summed E-state index contributed by atoms with van der Waals surface area (Å²) in [6, 6.07) is 2.42. The van der Waals surface area contributed by atoms with Crippen LogP contribution in [-0.2, 0) is 12.7 Å². The van der Waals surface area contributed by atoms with Gasteiger partial charge in [-0.25, -0.2) is 4.98 Å². The summed E-state index contributed by atoms with van der Waals surface area (Å²) in [6.07, 6.45) is -0.754. The molecular weight excluding hydrogens is 387 g/mol. The Morgan fingerprint density at radius 1 is 1.37 bits per heavy atom. The summed E-state index contributed by atoms with van der Waals surface area (Å²) in [7, 11) is 1.50. The Hall–Kier alpha value is -2.88. The molecule has 0 bridgehead atoms. The zero-order valence-electron chi connectivity index (χ0n) is 13.9. The smallest absolute Gasteiger partial charge is 0.417 e. The van der Waals surface area contributed by atoms with E-state index in [0.717, 1.165) is 6.07 Å². The van der Waals surface area contributed by atoms with Gasteiger partial charge in [-0.2, -0.15) is 18.3 Å². The van der Waals surface area contributed by atoms with Gasteiger partial charge in [-0.3, -0.25) is 14.5 Å². The van der Waals surface area contributed by atoms with Crippen molar-refractivity contribution in [3.63, 3.8) is 0 Å². The molecule has 0 aromatic carbocycles. The summed E-state index contributed by atoms with van der Waals surface area (Å²) in [5.74, 6) is -0.439. The van der Waals surface area contributed by atoms with Gasteiger partial charge in [0.2, 0.25) is 5.88 Å². The minimum Gasteiger partial charge on any atom is -0.475 e. The Labute approximate surface area is 156 Å². The number of fused-ring (bicyclic) bond motifs is 1. The molecule has 3 rings (SSSR count). The maximum absolute atomic E-state index is 12.6. The summed E-state index contributed by atoms with van der Waals surface area (Å²) < 4.78 is 44.7. The highest BCUT2D eigenvalue weighted by molar-refractivity contribution is 6.31. The van der Waals surface area contributed by atoms with Crippen molar-refractivity contribution in [2.45, 2.75) is 12.7 Å². The summed E-state index contributed by atoms with van der Waals surface area (Å²) in [5.41, 5.74) is -0.128. The van der Waals surface area contributed by atoms with E-state index in [-0.39, 0.29) is 35.7 Å². The van der Waals surface area contributed by atoms with Crippen LogP contribution in [0.15, 0.2) is 30.7 Å². The lowest BCUT2D eigenvalue weighted by molar-refractivity contribution is -0.137. The van der Waals surface area contributed by atoms with Crippen molar-refractivity contribution in [1.29, 1.82) is 0 Å². The van der Waals surface area contributed by atoms with Crippen molar-refractivity contribution in [1.82, 2.24) is 25.1 Å². The number of ether oxygens (including phenoxy) is 1. The number of hydrogen-bond acceptors (Lipinski definition) is 5. The van der Waals surface area contributed by atoms with Crippen LogP contribution in [0.3, 0.4) is 0 Å². The topological polar surface area (TPSA) is 81.9 Å². The van der Waals surface area contributed by atoms with Crippen molar-refractivity contribution < 1.29 is 22.7 Å². The predicted octanol–water partition coefficient (Wildman–Crippen LogP) is 2.94. The van der Waals surface area contributed by atoms with Crippen molar-refractivity contribution in [3.05, 3.63) is 47.0 Å². The number of pyridine rings is 2. The standard InChI is InChI=1S/C16H13ClF3N5O2/c1-21-14(26)13-10-8-25(24-12(10)2-3-22-13)4-5-27-15-11(17)6-9(7-23-15)16(18,19)20/h2-3,6-8H,4-5H2,1H3,(H,21,26). The fourth-order valence-electron chi connectivity index (χ4n) is 2.33. The van der Waals surface area contributed by atoms with Gasteiger partial charge in [0.05, 0.1) is 23.0 Å². The van der Waals surface area contributed by atoms with Gasteiger partial charge < -0.3 is 10.1 Å². The van der Waals surface area contributed by atoms with Gasteiger partial charge in [0.1, 0.15) is 17.3 Å². The van der Waals surface area contributed by atoms with Crippen LogP contribution in [0.25, 0.3) is 10.9 Å². The van der Waals surface area contributed by atoms with Gasteiger partial charge in [0, 0.05) is 25.6 Å². The number of nitrogens with one attached hydrogen (secondary N) is 1. The Balaban J connectivity index is 1.70. The first-order valence-corrected chi connectivity index (χ1v) is 8.07. The number of hydrogen-bond donors (Lipinski definition) is 1. The molecule has 7 nitrogen and oxygen atoms in total. The number of halogens is 4. The molecule has 0 aliphatic heterocycles. The first-order valence-electron chi connectivity index (χ1n) is 7.69. The second kappa shape index (κ2) is 7.39. The van der Waals surface area contributed by atoms with Crippen LogP contribution in [-0.4, -0.2) is 39.3 Å². The molecule has 0 spiro atoms. The van der Waals surface area contributed by atoms with Crippen LogP contribution >= 0.6 is 11.6 Å². The van der Waals surface area contributed by atoms with Crippen molar-refractivity contribution in [2.75, 3.05) is 13.7 Å². The number of carbonyl (C=O) groups excluding carboxylic acids is 1. The van der Waals surface area contributed by atoms with Gasteiger partial charge in [0.25, 0.3) is 5.91 Å². The first-order chi connectivity index (χ1) is 12.8. The quantitative estimate of drug-likeness (QED) is 0.713. The van der Waals surface area contributed by atoms with E-state index in [4.69, 9.17) is 16.3 Å².